The second-order valence-electron chi connectivity index (χ2n) is 10.5. The van der Waals surface area contributed by atoms with Gasteiger partial charge in [-0.25, -0.2) is 0 Å². The minimum Gasteiger partial charge on any atom is -0.508 e. The van der Waals surface area contributed by atoms with Gasteiger partial charge in [-0.05, 0) is 36.4 Å². The molecule has 5 N–H and O–H groups in total. The second-order valence-corrected chi connectivity index (χ2v) is 10.5. The van der Waals surface area contributed by atoms with Crippen LogP contribution in [0.1, 0.15) is 11.4 Å². The van der Waals surface area contributed by atoms with Crippen LogP contribution >= 0.6 is 0 Å². The summed E-state index contributed by atoms with van der Waals surface area (Å²) in [6.45, 7) is 0. The molecule has 0 aliphatic rings. The van der Waals surface area contributed by atoms with Crippen molar-refractivity contribution in [2.45, 2.75) is 6.42 Å². The Morgan fingerprint density at radius 3 is 1.48 bits per heavy atom. The fourth-order valence-electron chi connectivity index (χ4n) is 5.33. The first kappa shape index (κ1) is 25.3. The molecule has 42 heavy (non-hydrogen) atoms. The smallest absolute Gasteiger partial charge is 0.232 e. The van der Waals surface area contributed by atoms with Crippen molar-refractivity contribution >= 4 is 56.0 Å². The van der Waals surface area contributed by atoms with Gasteiger partial charge in [0.2, 0.25) is 11.9 Å². The molecule has 0 atom stereocenters. The lowest BCUT2D eigenvalue weighted by atomic mass is 10.1. The molecule has 0 aliphatic heterocycles. The molecule has 210 valence electrons. The van der Waals surface area contributed by atoms with Crippen LogP contribution in [0.25, 0.3) is 32.7 Å². The third kappa shape index (κ3) is 4.37. The average molecular weight is 561 g/mol. The van der Waals surface area contributed by atoms with E-state index in [0.717, 1.165) is 32.7 Å². The van der Waals surface area contributed by atoms with E-state index in [1.54, 1.807) is 18.2 Å². The third-order valence-electron chi connectivity index (χ3n) is 7.61. The third-order valence-corrected chi connectivity index (χ3v) is 7.61. The Morgan fingerprint density at radius 1 is 0.571 bits per heavy atom. The van der Waals surface area contributed by atoms with Gasteiger partial charge < -0.3 is 39.7 Å². The zero-order chi connectivity index (χ0) is 29.1. The molecule has 11 nitrogen and oxygen atoms in total. The Balaban J connectivity index is 1.29. The lowest BCUT2D eigenvalue weighted by molar-refractivity contribution is 0.469. The monoisotopic (exact) mass is 560 g/mol. The molecular weight excluding hydrogens is 532 g/mol. The number of fused-ring (bicyclic) bond motifs is 3. The topological polar surface area (TPSA) is 138 Å². The molecule has 0 bridgehead atoms. The van der Waals surface area contributed by atoms with E-state index in [1.807, 2.05) is 89.8 Å². The van der Waals surface area contributed by atoms with Gasteiger partial charge in [-0.3, -0.25) is 0 Å². The second kappa shape index (κ2) is 9.44. The van der Waals surface area contributed by atoms with Crippen molar-refractivity contribution in [3.63, 3.8) is 0 Å². The zero-order valence-corrected chi connectivity index (χ0v) is 23.2. The maximum atomic E-state index is 10.8. The number of aromatic nitrogens is 6. The molecule has 0 fully saturated rings. The Morgan fingerprint density at radius 2 is 1.00 bits per heavy atom. The summed E-state index contributed by atoms with van der Waals surface area (Å²) in [5, 5.41) is 41.5. The van der Waals surface area contributed by atoms with Gasteiger partial charge in [-0.2, -0.15) is 15.0 Å². The number of anilines is 4. The Hall–Kier alpha value is -5.71. The van der Waals surface area contributed by atoms with Crippen LogP contribution in [0.3, 0.4) is 0 Å². The average Bonchev–Trinajstić information content (AvgIpc) is 3.61. The highest BCUT2D eigenvalue weighted by Crippen LogP contribution is 2.34. The summed E-state index contributed by atoms with van der Waals surface area (Å²) in [6, 6.07) is 16.5. The standard InChI is InChI=1S/C31H28N8O3/c1-37-7-4-17-10-20(26(40)14-23(17)37)13-29-34-30(32-21-11-18-5-8-38(2)24(18)15-27(21)41)36-31(35-29)33-22-12-19-6-9-39(3)25(19)16-28(22)42/h4-12,14-16,40-42H,13H2,1-3H3,(H2,32,33,34,35,36). The van der Waals surface area contributed by atoms with E-state index in [-0.39, 0.29) is 35.6 Å². The van der Waals surface area contributed by atoms with Crippen LogP contribution in [0, 0.1) is 0 Å². The summed E-state index contributed by atoms with van der Waals surface area (Å²) in [5.41, 5.74) is 4.19. The Labute approximate surface area is 240 Å². The van der Waals surface area contributed by atoms with Crippen molar-refractivity contribution in [1.29, 1.82) is 0 Å². The fraction of sp³-hybridized carbons (Fsp3) is 0.129. The van der Waals surface area contributed by atoms with Crippen LogP contribution in [-0.4, -0.2) is 44.0 Å². The van der Waals surface area contributed by atoms with Gasteiger partial charge in [0.25, 0.3) is 0 Å². The van der Waals surface area contributed by atoms with Gasteiger partial charge in [-0.1, -0.05) is 0 Å². The summed E-state index contributed by atoms with van der Waals surface area (Å²) < 4.78 is 5.79. The van der Waals surface area contributed by atoms with Crippen molar-refractivity contribution in [3.8, 4) is 17.2 Å². The minimum atomic E-state index is 0.0418. The number of hydrogen-bond acceptors (Lipinski definition) is 8. The number of phenols is 3. The normalized spacial score (nSPS) is 11.6. The van der Waals surface area contributed by atoms with Crippen molar-refractivity contribution in [2.75, 3.05) is 10.6 Å². The molecule has 0 saturated carbocycles. The summed E-state index contributed by atoms with van der Waals surface area (Å²) in [4.78, 5) is 13.8. The van der Waals surface area contributed by atoms with E-state index in [0.29, 0.717) is 22.8 Å². The number of hydrogen-bond donors (Lipinski definition) is 5. The van der Waals surface area contributed by atoms with Crippen LogP contribution in [0.2, 0.25) is 0 Å². The van der Waals surface area contributed by atoms with E-state index in [1.165, 1.54) is 0 Å². The molecular formula is C31H28N8O3. The molecule has 0 unspecified atom stereocenters. The molecule has 11 heteroatoms. The quantitative estimate of drug-likeness (QED) is 0.167. The maximum absolute atomic E-state index is 10.8. The molecule has 7 aromatic rings. The molecule has 0 saturated heterocycles. The van der Waals surface area contributed by atoms with Crippen molar-refractivity contribution in [1.82, 2.24) is 28.7 Å². The predicted octanol–water partition coefficient (Wildman–Crippen LogP) is 5.54. The van der Waals surface area contributed by atoms with E-state index < -0.39 is 0 Å². The van der Waals surface area contributed by atoms with Gasteiger partial charge in [0.05, 0.1) is 27.9 Å². The molecule has 4 aromatic heterocycles. The highest BCUT2D eigenvalue weighted by atomic mass is 16.3. The van der Waals surface area contributed by atoms with E-state index in [9.17, 15) is 15.3 Å². The van der Waals surface area contributed by atoms with Gasteiger partial charge >= 0.3 is 0 Å². The van der Waals surface area contributed by atoms with Crippen molar-refractivity contribution in [3.05, 3.63) is 84.6 Å². The first-order valence-corrected chi connectivity index (χ1v) is 13.3. The maximum Gasteiger partial charge on any atom is 0.232 e. The summed E-state index contributed by atoms with van der Waals surface area (Å²) in [6.07, 6.45) is 6.00. The lowest BCUT2D eigenvalue weighted by Gasteiger charge is -2.13. The van der Waals surface area contributed by atoms with Crippen LogP contribution in [0.15, 0.2) is 73.2 Å². The van der Waals surface area contributed by atoms with Crippen molar-refractivity contribution in [2.24, 2.45) is 21.1 Å². The zero-order valence-electron chi connectivity index (χ0n) is 23.2. The van der Waals surface area contributed by atoms with Crippen LogP contribution in [0.5, 0.6) is 17.2 Å². The lowest BCUT2D eigenvalue weighted by Crippen LogP contribution is -2.08. The number of nitrogens with one attached hydrogen (secondary N) is 2. The number of nitrogens with zero attached hydrogens (tertiary/aromatic N) is 6. The predicted molar refractivity (Wildman–Crippen MR) is 163 cm³/mol. The van der Waals surface area contributed by atoms with E-state index in [4.69, 9.17) is 0 Å². The molecule has 4 heterocycles. The minimum absolute atomic E-state index is 0.0418. The largest absolute Gasteiger partial charge is 0.508 e. The Bertz CT molecular complexity index is 1900. The first-order valence-electron chi connectivity index (χ1n) is 13.3. The van der Waals surface area contributed by atoms with Gasteiger partial charge in [0.15, 0.2) is 0 Å². The van der Waals surface area contributed by atoms with Crippen LogP contribution in [0.4, 0.5) is 23.3 Å². The van der Waals surface area contributed by atoms with E-state index >= 15 is 0 Å². The number of aromatic hydroxyl groups is 3. The number of benzene rings is 3. The molecule has 0 aliphatic carbocycles. The summed E-state index contributed by atoms with van der Waals surface area (Å²) in [7, 11) is 5.75. The molecule has 0 spiro atoms. The van der Waals surface area contributed by atoms with Gasteiger partial charge in [0, 0.05) is 86.1 Å². The summed E-state index contributed by atoms with van der Waals surface area (Å²) in [5.74, 6) is 0.969. The molecule has 7 rings (SSSR count). The number of rotatable bonds is 6. The van der Waals surface area contributed by atoms with Crippen molar-refractivity contribution < 1.29 is 15.3 Å². The van der Waals surface area contributed by atoms with Crippen LogP contribution < -0.4 is 10.6 Å². The van der Waals surface area contributed by atoms with E-state index in [2.05, 4.69) is 25.6 Å². The van der Waals surface area contributed by atoms with Gasteiger partial charge in [-0.15, -0.1) is 0 Å². The number of phenolic OH excluding ortho intramolecular Hbond substituents is 3. The highest BCUT2D eigenvalue weighted by Gasteiger charge is 2.16. The Kier molecular flexibility index (Phi) is 5.68. The first-order chi connectivity index (χ1) is 20.2. The fourth-order valence-corrected chi connectivity index (χ4v) is 5.33. The van der Waals surface area contributed by atoms with Gasteiger partial charge in [0.1, 0.15) is 23.1 Å². The summed E-state index contributed by atoms with van der Waals surface area (Å²) >= 11 is 0. The van der Waals surface area contributed by atoms with Crippen LogP contribution in [-0.2, 0) is 27.6 Å². The molecule has 3 aromatic carbocycles. The molecule has 0 radical (unpaired) electrons. The molecule has 0 amide bonds. The SMILES string of the molecule is Cn1ccc2cc(Cc3nc(Nc4cc5ccn(C)c5cc4O)nc(Nc4cc5ccn(C)c5cc4O)n3)c(O)cc21. The highest BCUT2D eigenvalue weighted by molar-refractivity contribution is 5.89. The number of aryl methyl sites for hydroxylation is 3.